The molecule has 0 bridgehead atoms. The van der Waals surface area contributed by atoms with Gasteiger partial charge in [0.05, 0.1) is 12.1 Å². The molecule has 9 N–H and O–H groups in total. The quantitative estimate of drug-likeness (QED) is 0.126. The Hall–Kier alpha value is -2.03. The maximum atomic E-state index is 12.4. The number of hydrogen-bond acceptors (Lipinski definition) is 9. The number of rotatable bonds is 13. The molecule has 0 saturated heterocycles. The number of nitrogens with one attached hydrogen (secondary N) is 3. The van der Waals surface area contributed by atoms with Crippen LogP contribution < -0.4 is 27.4 Å². The third kappa shape index (κ3) is 9.83. The van der Waals surface area contributed by atoms with Crippen molar-refractivity contribution in [3.05, 3.63) is 0 Å². The molecular formula is C15H27N5O7S2. The van der Waals surface area contributed by atoms with E-state index in [0.29, 0.717) is 0 Å². The molecule has 0 spiro atoms. The molecule has 4 amide bonds. The summed E-state index contributed by atoms with van der Waals surface area (Å²) in [6.07, 6.45) is -1.50. The van der Waals surface area contributed by atoms with E-state index in [2.05, 4.69) is 41.2 Å². The minimum atomic E-state index is -1.58. The smallest absolute Gasteiger partial charge is 0.328 e. The molecule has 0 heterocycles. The molecule has 0 fully saturated rings. The standard InChI is InChI=1S/C15H27N5O7S2/c1-6(21)11(15(26)27)20-14(25)9(5-29)19-13(24)8(4-28)18-12(23)7(16)2-3-10(17)22/h6-9,11,21,28-29H,2-5,16H2,1H3,(H2,17,22)(H,18,23)(H,19,24)(H,20,25)(H,26,27). The minimum Gasteiger partial charge on any atom is -0.480 e. The van der Waals surface area contributed by atoms with Crippen LogP contribution in [0.4, 0.5) is 0 Å². The predicted octanol–water partition coefficient (Wildman–Crippen LogP) is -3.64. The first kappa shape index (κ1) is 27.0. The van der Waals surface area contributed by atoms with E-state index in [1.165, 1.54) is 6.92 Å². The van der Waals surface area contributed by atoms with Crippen molar-refractivity contribution in [3.8, 4) is 0 Å². The molecule has 5 unspecified atom stereocenters. The highest BCUT2D eigenvalue weighted by molar-refractivity contribution is 7.80. The lowest BCUT2D eigenvalue weighted by Crippen LogP contribution is -2.59. The Bertz CT molecular complexity index is 620. The summed E-state index contributed by atoms with van der Waals surface area (Å²) in [5.41, 5.74) is 10.6. The van der Waals surface area contributed by atoms with Crippen LogP contribution in [0.2, 0.25) is 0 Å². The molecule has 12 nitrogen and oxygen atoms in total. The zero-order chi connectivity index (χ0) is 22.7. The van der Waals surface area contributed by atoms with Crippen LogP contribution >= 0.6 is 25.3 Å². The monoisotopic (exact) mass is 453 g/mol. The van der Waals surface area contributed by atoms with Gasteiger partial charge in [-0.15, -0.1) is 0 Å². The molecule has 0 aliphatic carbocycles. The van der Waals surface area contributed by atoms with E-state index >= 15 is 0 Å². The van der Waals surface area contributed by atoms with Gasteiger partial charge in [0.1, 0.15) is 12.1 Å². The lowest BCUT2D eigenvalue weighted by Gasteiger charge is -2.24. The molecule has 29 heavy (non-hydrogen) atoms. The number of aliphatic carboxylic acids is 1. The molecule has 0 aliphatic rings. The van der Waals surface area contributed by atoms with Gasteiger partial charge in [-0.3, -0.25) is 19.2 Å². The average Bonchev–Trinajstić information content (AvgIpc) is 2.64. The van der Waals surface area contributed by atoms with Crippen LogP contribution in [0.1, 0.15) is 19.8 Å². The van der Waals surface area contributed by atoms with Crippen molar-refractivity contribution in [3.63, 3.8) is 0 Å². The van der Waals surface area contributed by atoms with E-state index < -0.39 is 59.9 Å². The van der Waals surface area contributed by atoms with Gasteiger partial charge in [-0.1, -0.05) is 0 Å². The Morgan fingerprint density at radius 3 is 1.76 bits per heavy atom. The highest BCUT2D eigenvalue weighted by Crippen LogP contribution is 2.00. The summed E-state index contributed by atoms with van der Waals surface area (Å²) < 4.78 is 0. The first-order valence-corrected chi connectivity index (χ1v) is 9.78. The van der Waals surface area contributed by atoms with Crippen LogP contribution in [0.15, 0.2) is 0 Å². The number of carboxylic acid groups (broad SMARTS) is 1. The summed E-state index contributed by atoms with van der Waals surface area (Å²) >= 11 is 7.92. The van der Waals surface area contributed by atoms with Gasteiger partial charge < -0.3 is 37.6 Å². The third-order valence-electron chi connectivity index (χ3n) is 3.72. The maximum Gasteiger partial charge on any atom is 0.328 e. The lowest BCUT2D eigenvalue weighted by atomic mass is 10.1. The molecule has 0 rings (SSSR count). The molecule has 0 aromatic heterocycles. The van der Waals surface area contributed by atoms with E-state index in [1.54, 1.807) is 0 Å². The highest BCUT2D eigenvalue weighted by atomic mass is 32.1. The number of aliphatic hydroxyl groups is 1. The molecule has 166 valence electrons. The second kappa shape index (κ2) is 13.2. The number of aliphatic hydroxyl groups excluding tert-OH is 1. The van der Waals surface area contributed by atoms with Gasteiger partial charge in [-0.25, -0.2) is 4.79 Å². The summed E-state index contributed by atoms with van der Waals surface area (Å²) in [5, 5.41) is 25.2. The van der Waals surface area contributed by atoms with Crippen molar-refractivity contribution in [2.24, 2.45) is 11.5 Å². The number of carbonyl (C=O) groups is 5. The normalized spacial score (nSPS) is 15.9. The fourth-order valence-corrected chi connectivity index (χ4v) is 2.52. The molecule has 0 saturated carbocycles. The number of amides is 4. The van der Waals surface area contributed by atoms with E-state index in [0.717, 1.165) is 0 Å². The maximum absolute atomic E-state index is 12.4. The van der Waals surface area contributed by atoms with E-state index in [1.807, 2.05) is 0 Å². The molecule has 0 aromatic carbocycles. The summed E-state index contributed by atoms with van der Waals surface area (Å²) in [6, 6.07) is -5.06. The zero-order valence-corrected chi connectivity index (χ0v) is 17.5. The Labute approximate surface area is 178 Å². The number of thiol groups is 2. The van der Waals surface area contributed by atoms with Crippen molar-refractivity contribution in [1.82, 2.24) is 16.0 Å². The second-order valence-corrected chi connectivity index (χ2v) is 6.89. The second-order valence-electron chi connectivity index (χ2n) is 6.16. The predicted molar refractivity (Wildman–Crippen MR) is 109 cm³/mol. The lowest BCUT2D eigenvalue weighted by molar-refractivity contribution is -0.145. The SMILES string of the molecule is CC(O)C(NC(=O)C(CS)NC(=O)C(CS)NC(=O)C(N)CCC(N)=O)C(=O)O. The molecule has 0 aromatic rings. The number of carbonyl (C=O) groups excluding carboxylic acids is 4. The molecule has 0 radical (unpaired) electrons. The first-order valence-electron chi connectivity index (χ1n) is 8.52. The van der Waals surface area contributed by atoms with Gasteiger partial charge in [0.25, 0.3) is 0 Å². The van der Waals surface area contributed by atoms with Crippen molar-refractivity contribution < 1.29 is 34.2 Å². The Balaban J connectivity index is 4.95. The van der Waals surface area contributed by atoms with Crippen LogP contribution in [0.3, 0.4) is 0 Å². The van der Waals surface area contributed by atoms with Crippen molar-refractivity contribution in [2.75, 3.05) is 11.5 Å². The number of nitrogens with two attached hydrogens (primary N) is 2. The number of carboxylic acids is 1. The molecule has 0 aliphatic heterocycles. The highest BCUT2D eigenvalue weighted by Gasteiger charge is 2.31. The van der Waals surface area contributed by atoms with Gasteiger partial charge >= 0.3 is 5.97 Å². The molecule has 14 heteroatoms. The summed E-state index contributed by atoms with van der Waals surface area (Å²) in [4.78, 5) is 58.4. The van der Waals surface area contributed by atoms with Crippen molar-refractivity contribution in [2.45, 2.75) is 50.0 Å². The fraction of sp³-hybridized carbons (Fsp3) is 0.667. The van der Waals surface area contributed by atoms with Crippen molar-refractivity contribution in [1.29, 1.82) is 0 Å². The van der Waals surface area contributed by atoms with E-state index in [9.17, 15) is 29.1 Å². The van der Waals surface area contributed by atoms with Gasteiger partial charge in [-0.2, -0.15) is 25.3 Å². The third-order valence-corrected chi connectivity index (χ3v) is 4.45. The first-order chi connectivity index (χ1) is 13.4. The van der Waals surface area contributed by atoms with E-state index in [4.69, 9.17) is 16.6 Å². The molecular weight excluding hydrogens is 426 g/mol. The summed E-state index contributed by atoms with van der Waals surface area (Å²) in [6.45, 7) is 1.18. The van der Waals surface area contributed by atoms with Crippen molar-refractivity contribution >= 4 is 54.9 Å². The van der Waals surface area contributed by atoms with Crippen LogP contribution in [0.5, 0.6) is 0 Å². The Morgan fingerprint density at radius 2 is 1.38 bits per heavy atom. The number of hydrogen-bond donors (Lipinski definition) is 9. The zero-order valence-electron chi connectivity index (χ0n) is 15.7. The Kier molecular flexibility index (Phi) is 12.3. The van der Waals surface area contributed by atoms with Crippen LogP contribution in [0, 0.1) is 0 Å². The summed E-state index contributed by atoms with van der Waals surface area (Å²) in [7, 11) is 0. The van der Waals surface area contributed by atoms with Crippen LogP contribution in [-0.4, -0.2) is 81.6 Å². The van der Waals surface area contributed by atoms with Crippen LogP contribution in [-0.2, 0) is 24.0 Å². The van der Waals surface area contributed by atoms with Gasteiger partial charge in [0, 0.05) is 17.9 Å². The van der Waals surface area contributed by atoms with Gasteiger partial charge in [0.15, 0.2) is 6.04 Å². The molecule has 5 atom stereocenters. The largest absolute Gasteiger partial charge is 0.480 e. The number of primary amides is 1. The topological polar surface area (TPSA) is 214 Å². The van der Waals surface area contributed by atoms with Gasteiger partial charge in [0.2, 0.25) is 23.6 Å². The average molecular weight is 454 g/mol. The fourth-order valence-electron chi connectivity index (χ4n) is 2.01. The minimum absolute atomic E-state index is 0.0142. The van der Waals surface area contributed by atoms with Crippen LogP contribution in [0.25, 0.3) is 0 Å². The summed E-state index contributed by atoms with van der Waals surface area (Å²) in [5.74, 6) is -4.79. The van der Waals surface area contributed by atoms with Gasteiger partial charge in [-0.05, 0) is 13.3 Å². The Morgan fingerprint density at radius 1 is 0.931 bits per heavy atom. The van der Waals surface area contributed by atoms with E-state index in [-0.39, 0.29) is 24.3 Å².